The lowest BCUT2D eigenvalue weighted by Crippen LogP contribution is -2.29. The standard InChI is InChI=1S/C20H18BrN3O2S2/c1-25-12-6-7-14(15(11-12)26-2)24-19(16-8-9-17(21)28-16)18(23-20(24)27)13-5-3-4-10-22-13/h3-11,18-19H,1-2H3,(H,23,27)/t18-,19-/m1/s1. The molecule has 3 heterocycles. The molecule has 4 rings (SSSR count). The molecule has 2 aromatic heterocycles. The molecule has 1 aliphatic rings. The van der Waals surface area contributed by atoms with Crippen molar-refractivity contribution < 1.29 is 9.47 Å². The summed E-state index contributed by atoms with van der Waals surface area (Å²) in [5.41, 5.74) is 1.82. The Morgan fingerprint density at radius 3 is 2.64 bits per heavy atom. The lowest BCUT2D eigenvalue weighted by atomic mass is 10.0. The van der Waals surface area contributed by atoms with E-state index < -0.39 is 0 Å². The average Bonchev–Trinajstić information content (AvgIpc) is 3.30. The number of hydrogen-bond acceptors (Lipinski definition) is 5. The van der Waals surface area contributed by atoms with Crippen LogP contribution in [-0.4, -0.2) is 24.3 Å². The zero-order valence-electron chi connectivity index (χ0n) is 15.3. The van der Waals surface area contributed by atoms with Crippen molar-refractivity contribution in [3.8, 4) is 11.5 Å². The topological polar surface area (TPSA) is 46.6 Å². The molecule has 28 heavy (non-hydrogen) atoms. The van der Waals surface area contributed by atoms with E-state index in [0.29, 0.717) is 10.9 Å². The SMILES string of the molecule is COc1ccc(N2C(=S)N[C@H](c3ccccn3)[C@H]2c2ccc(Br)s2)c(OC)c1. The van der Waals surface area contributed by atoms with Crippen molar-refractivity contribution in [2.24, 2.45) is 0 Å². The second-order valence-corrected chi connectivity index (χ2v) is 9.06. The number of thiophene rings is 1. The van der Waals surface area contributed by atoms with E-state index in [0.717, 1.165) is 20.9 Å². The van der Waals surface area contributed by atoms with Gasteiger partial charge in [0, 0.05) is 17.1 Å². The third-order valence-corrected chi connectivity index (χ3v) is 6.64. The highest BCUT2D eigenvalue weighted by Crippen LogP contribution is 2.47. The van der Waals surface area contributed by atoms with Crippen LogP contribution < -0.4 is 19.7 Å². The first-order valence-electron chi connectivity index (χ1n) is 8.60. The number of rotatable bonds is 5. The molecule has 1 saturated heterocycles. The van der Waals surface area contributed by atoms with E-state index in [4.69, 9.17) is 21.7 Å². The van der Waals surface area contributed by atoms with Crippen LogP contribution in [0.5, 0.6) is 11.5 Å². The molecule has 1 N–H and O–H groups in total. The van der Waals surface area contributed by atoms with Crippen LogP contribution in [0.25, 0.3) is 0 Å². The number of benzene rings is 1. The predicted molar refractivity (Wildman–Crippen MR) is 119 cm³/mol. The summed E-state index contributed by atoms with van der Waals surface area (Å²) in [5.74, 6) is 1.43. The summed E-state index contributed by atoms with van der Waals surface area (Å²) >= 11 is 11.0. The zero-order chi connectivity index (χ0) is 19.7. The maximum Gasteiger partial charge on any atom is 0.174 e. The van der Waals surface area contributed by atoms with Gasteiger partial charge < -0.3 is 19.7 Å². The highest BCUT2D eigenvalue weighted by atomic mass is 79.9. The number of thiocarbonyl (C=S) groups is 1. The summed E-state index contributed by atoms with van der Waals surface area (Å²) in [6.07, 6.45) is 1.80. The van der Waals surface area contributed by atoms with Gasteiger partial charge >= 0.3 is 0 Å². The number of methoxy groups -OCH3 is 2. The second kappa shape index (κ2) is 8.06. The number of pyridine rings is 1. The van der Waals surface area contributed by atoms with Crippen molar-refractivity contribution in [1.29, 1.82) is 0 Å². The summed E-state index contributed by atoms with van der Waals surface area (Å²) in [7, 11) is 3.29. The highest BCUT2D eigenvalue weighted by Gasteiger charge is 2.42. The fourth-order valence-corrected chi connectivity index (χ4v) is 5.27. The number of nitrogens with zero attached hydrogens (tertiary/aromatic N) is 2. The molecule has 0 aliphatic carbocycles. The molecule has 0 saturated carbocycles. The molecule has 0 amide bonds. The largest absolute Gasteiger partial charge is 0.497 e. The van der Waals surface area contributed by atoms with E-state index in [1.54, 1.807) is 31.8 Å². The van der Waals surface area contributed by atoms with Crippen LogP contribution >= 0.6 is 39.5 Å². The minimum Gasteiger partial charge on any atom is -0.497 e. The van der Waals surface area contributed by atoms with Gasteiger partial charge in [0.25, 0.3) is 0 Å². The first-order chi connectivity index (χ1) is 13.6. The van der Waals surface area contributed by atoms with E-state index in [1.165, 1.54) is 4.88 Å². The molecule has 1 aliphatic heterocycles. The van der Waals surface area contributed by atoms with E-state index in [2.05, 4.69) is 43.3 Å². The number of nitrogens with one attached hydrogen (secondary N) is 1. The number of hydrogen-bond donors (Lipinski definition) is 1. The lowest BCUT2D eigenvalue weighted by Gasteiger charge is -2.28. The quantitative estimate of drug-likeness (QED) is 0.517. The molecule has 0 bridgehead atoms. The molecule has 0 unspecified atom stereocenters. The van der Waals surface area contributed by atoms with Crippen LogP contribution in [-0.2, 0) is 0 Å². The third kappa shape index (κ3) is 3.47. The molecule has 0 spiro atoms. The summed E-state index contributed by atoms with van der Waals surface area (Å²) in [4.78, 5) is 7.84. The van der Waals surface area contributed by atoms with Gasteiger partial charge in [0.05, 0.1) is 41.5 Å². The Kier molecular flexibility index (Phi) is 5.52. The Bertz CT molecular complexity index is 996. The van der Waals surface area contributed by atoms with Gasteiger partial charge in [0.2, 0.25) is 0 Å². The van der Waals surface area contributed by atoms with Crippen molar-refractivity contribution in [2.75, 3.05) is 19.1 Å². The molecule has 1 aromatic carbocycles. The Morgan fingerprint density at radius 2 is 2.00 bits per heavy atom. The summed E-state index contributed by atoms with van der Waals surface area (Å²) in [5, 5.41) is 4.09. The number of anilines is 1. The van der Waals surface area contributed by atoms with Gasteiger partial charge in [-0.25, -0.2) is 0 Å². The first-order valence-corrected chi connectivity index (χ1v) is 10.6. The maximum absolute atomic E-state index is 5.75. The normalized spacial score (nSPS) is 18.8. The van der Waals surface area contributed by atoms with Crippen LogP contribution in [0.1, 0.15) is 22.7 Å². The molecule has 3 aromatic rings. The fourth-order valence-electron chi connectivity index (χ4n) is 3.37. The highest BCUT2D eigenvalue weighted by molar-refractivity contribution is 9.11. The lowest BCUT2D eigenvalue weighted by molar-refractivity contribution is 0.394. The van der Waals surface area contributed by atoms with Crippen molar-refractivity contribution in [1.82, 2.24) is 10.3 Å². The fraction of sp³-hybridized carbons (Fsp3) is 0.200. The van der Waals surface area contributed by atoms with E-state index in [1.807, 2.05) is 36.4 Å². The molecular formula is C20H18BrN3O2S2. The van der Waals surface area contributed by atoms with Gasteiger partial charge in [0.15, 0.2) is 5.11 Å². The van der Waals surface area contributed by atoms with Gasteiger partial charge in [-0.1, -0.05) is 6.07 Å². The molecule has 2 atom stereocenters. The van der Waals surface area contributed by atoms with Gasteiger partial charge in [-0.3, -0.25) is 4.98 Å². The van der Waals surface area contributed by atoms with E-state index >= 15 is 0 Å². The van der Waals surface area contributed by atoms with Crippen LogP contribution in [0.15, 0.2) is 58.5 Å². The van der Waals surface area contributed by atoms with Crippen molar-refractivity contribution >= 4 is 50.3 Å². The average molecular weight is 476 g/mol. The van der Waals surface area contributed by atoms with Crippen LogP contribution in [0.2, 0.25) is 0 Å². The van der Waals surface area contributed by atoms with E-state index in [-0.39, 0.29) is 12.1 Å². The van der Waals surface area contributed by atoms with Crippen LogP contribution in [0, 0.1) is 0 Å². The van der Waals surface area contributed by atoms with E-state index in [9.17, 15) is 0 Å². The second-order valence-electron chi connectivity index (χ2n) is 6.18. The zero-order valence-corrected chi connectivity index (χ0v) is 18.5. The van der Waals surface area contributed by atoms with Crippen LogP contribution in [0.3, 0.4) is 0 Å². The Balaban J connectivity index is 1.84. The minimum atomic E-state index is -0.0777. The molecule has 144 valence electrons. The van der Waals surface area contributed by atoms with Gasteiger partial charge in [0.1, 0.15) is 11.5 Å². The first kappa shape index (κ1) is 19.2. The van der Waals surface area contributed by atoms with Gasteiger partial charge in [-0.05, 0) is 64.5 Å². The third-order valence-electron chi connectivity index (χ3n) is 4.63. The number of halogens is 1. The van der Waals surface area contributed by atoms with Gasteiger partial charge in [-0.15, -0.1) is 11.3 Å². The summed E-state index contributed by atoms with van der Waals surface area (Å²) < 4.78 is 12.1. The Labute approximate surface area is 181 Å². The monoisotopic (exact) mass is 475 g/mol. The predicted octanol–water partition coefficient (Wildman–Crippen LogP) is 5.10. The van der Waals surface area contributed by atoms with Crippen LogP contribution in [0.4, 0.5) is 5.69 Å². The number of ether oxygens (including phenoxy) is 2. The molecule has 1 fully saturated rings. The number of aromatic nitrogens is 1. The van der Waals surface area contributed by atoms with Crippen molar-refractivity contribution in [3.63, 3.8) is 0 Å². The molecule has 5 nitrogen and oxygen atoms in total. The smallest absolute Gasteiger partial charge is 0.174 e. The Hall–Kier alpha value is -2.16. The molecular weight excluding hydrogens is 458 g/mol. The Morgan fingerprint density at radius 1 is 1.14 bits per heavy atom. The van der Waals surface area contributed by atoms with Crippen molar-refractivity contribution in [2.45, 2.75) is 12.1 Å². The van der Waals surface area contributed by atoms with Gasteiger partial charge in [-0.2, -0.15) is 0 Å². The maximum atomic E-state index is 5.75. The minimum absolute atomic E-state index is 0.0546. The molecule has 8 heteroatoms. The van der Waals surface area contributed by atoms with Crippen molar-refractivity contribution in [3.05, 3.63) is 69.1 Å². The molecule has 0 radical (unpaired) electrons. The summed E-state index contributed by atoms with van der Waals surface area (Å²) in [6.45, 7) is 0. The summed E-state index contributed by atoms with van der Waals surface area (Å²) in [6, 6.07) is 15.7.